The summed E-state index contributed by atoms with van der Waals surface area (Å²) in [6, 6.07) is 0.210. The Morgan fingerprint density at radius 3 is 3.06 bits per heavy atom. The van der Waals surface area contributed by atoms with E-state index in [1.54, 1.807) is 10.9 Å². The van der Waals surface area contributed by atoms with E-state index in [4.69, 9.17) is 11.6 Å². The van der Waals surface area contributed by atoms with Crippen molar-refractivity contribution in [1.82, 2.24) is 19.9 Å². The Bertz CT molecular complexity index is 341. The lowest BCUT2D eigenvalue weighted by molar-refractivity contribution is -0.132. The third-order valence-electron chi connectivity index (χ3n) is 2.93. The van der Waals surface area contributed by atoms with Crippen molar-refractivity contribution in [3.8, 4) is 0 Å². The highest BCUT2D eigenvalue weighted by atomic mass is 35.5. The summed E-state index contributed by atoms with van der Waals surface area (Å²) in [4.78, 5) is 13.5. The number of hydrogen-bond donors (Lipinski definition) is 0. The van der Waals surface area contributed by atoms with Crippen LogP contribution in [0.5, 0.6) is 0 Å². The quantitative estimate of drug-likeness (QED) is 0.740. The Morgan fingerprint density at radius 2 is 2.38 bits per heavy atom. The number of carbonyl (C=O) groups excluding carboxylic acids is 1. The number of hydrogen-bond acceptors (Lipinski definition) is 3. The van der Waals surface area contributed by atoms with Gasteiger partial charge >= 0.3 is 0 Å². The zero-order valence-electron chi connectivity index (χ0n) is 9.05. The van der Waals surface area contributed by atoms with Gasteiger partial charge in [0.05, 0.1) is 18.8 Å². The molecule has 0 radical (unpaired) electrons. The molecule has 0 aliphatic carbocycles. The summed E-state index contributed by atoms with van der Waals surface area (Å²) in [5, 5.41) is 7.69. The second-order valence-electron chi connectivity index (χ2n) is 4.00. The maximum atomic E-state index is 11.7. The molecule has 1 aliphatic heterocycles. The molecule has 5 nitrogen and oxygen atoms in total. The summed E-state index contributed by atoms with van der Waals surface area (Å²) >= 11 is 5.61. The van der Waals surface area contributed by atoms with Gasteiger partial charge in [-0.05, 0) is 19.3 Å². The fourth-order valence-electron chi connectivity index (χ4n) is 2.14. The minimum absolute atomic E-state index is 0.0199. The molecule has 0 spiro atoms. The third-order valence-corrected chi connectivity index (χ3v) is 3.16. The maximum Gasteiger partial charge on any atom is 0.237 e. The smallest absolute Gasteiger partial charge is 0.237 e. The van der Waals surface area contributed by atoms with Crippen molar-refractivity contribution in [2.24, 2.45) is 0 Å². The predicted molar refractivity (Wildman–Crippen MR) is 60.1 cm³/mol. The normalized spacial score (nSPS) is 21.1. The molecule has 1 saturated heterocycles. The first-order valence-corrected chi connectivity index (χ1v) is 6.04. The van der Waals surface area contributed by atoms with Gasteiger partial charge in [-0.25, -0.2) is 0 Å². The fraction of sp³-hybridized carbons (Fsp3) is 0.700. The number of rotatable bonds is 3. The fourth-order valence-corrected chi connectivity index (χ4v) is 2.30. The molecule has 0 saturated carbocycles. The lowest BCUT2D eigenvalue weighted by atomic mass is 10.0. The summed E-state index contributed by atoms with van der Waals surface area (Å²) in [6.07, 6.45) is 6.71. The van der Waals surface area contributed by atoms with Crippen LogP contribution in [0, 0.1) is 0 Å². The average Bonchev–Trinajstić information content (AvgIpc) is 2.82. The Balaban J connectivity index is 2.02. The first-order chi connectivity index (χ1) is 7.81. The van der Waals surface area contributed by atoms with Gasteiger partial charge in [0.15, 0.2) is 0 Å². The van der Waals surface area contributed by atoms with E-state index < -0.39 is 0 Å². The zero-order chi connectivity index (χ0) is 11.4. The topological polar surface area (TPSA) is 51.0 Å². The Kier molecular flexibility index (Phi) is 3.77. The van der Waals surface area contributed by atoms with Crippen molar-refractivity contribution in [2.45, 2.75) is 31.8 Å². The molecule has 1 aromatic heterocycles. The molecule has 88 valence electrons. The van der Waals surface area contributed by atoms with Gasteiger partial charge in [0.2, 0.25) is 5.91 Å². The van der Waals surface area contributed by atoms with Crippen LogP contribution in [0.3, 0.4) is 0 Å². The maximum absolute atomic E-state index is 11.7. The zero-order valence-corrected chi connectivity index (χ0v) is 9.81. The van der Waals surface area contributed by atoms with E-state index in [-0.39, 0.29) is 17.8 Å². The van der Waals surface area contributed by atoms with Gasteiger partial charge in [-0.15, -0.1) is 16.7 Å². The van der Waals surface area contributed by atoms with Crippen LogP contribution >= 0.6 is 11.6 Å². The molecule has 1 atom stereocenters. The van der Waals surface area contributed by atoms with Crippen molar-refractivity contribution in [3.63, 3.8) is 0 Å². The van der Waals surface area contributed by atoms with E-state index >= 15 is 0 Å². The Labute approximate surface area is 99.4 Å². The average molecular weight is 243 g/mol. The highest BCUT2D eigenvalue weighted by Crippen LogP contribution is 2.18. The number of amides is 1. The van der Waals surface area contributed by atoms with Crippen molar-refractivity contribution in [3.05, 3.63) is 12.4 Å². The first-order valence-electron chi connectivity index (χ1n) is 5.51. The molecule has 0 N–H and O–H groups in total. The number of nitrogens with zero attached hydrogens (tertiary/aromatic N) is 4. The standard InChI is InChI=1S/C10H15ClN4O/c11-7-10(16)15-5-2-1-3-9(15)8-14-6-4-12-13-14/h4,6,9H,1-3,5,7-8H2. The second kappa shape index (κ2) is 5.30. The molecule has 1 amide bonds. The molecule has 6 heteroatoms. The molecular weight excluding hydrogens is 228 g/mol. The number of carbonyl (C=O) groups is 1. The van der Waals surface area contributed by atoms with Crippen LogP contribution < -0.4 is 0 Å². The second-order valence-corrected chi connectivity index (χ2v) is 4.26. The van der Waals surface area contributed by atoms with Crippen molar-refractivity contribution in [2.75, 3.05) is 12.4 Å². The van der Waals surface area contributed by atoms with Crippen molar-refractivity contribution < 1.29 is 4.79 Å². The van der Waals surface area contributed by atoms with Crippen molar-refractivity contribution >= 4 is 17.5 Å². The van der Waals surface area contributed by atoms with Crippen LogP contribution in [-0.4, -0.2) is 44.3 Å². The van der Waals surface area contributed by atoms with Crippen molar-refractivity contribution in [1.29, 1.82) is 0 Å². The Morgan fingerprint density at radius 1 is 1.50 bits per heavy atom. The number of aromatic nitrogens is 3. The summed E-state index contributed by atoms with van der Waals surface area (Å²) in [6.45, 7) is 1.52. The third kappa shape index (κ3) is 2.52. The molecule has 1 unspecified atom stereocenters. The lowest BCUT2D eigenvalue weighted by Crippen LogP contribution is -2.46. The molecule has 0 aromatic carbocycles. The van der Waals surface area contributed by atoms with Gasteiger partial charge in [-0.3, -0.25) is 9.48 Å². The van der Waals surface area contributed by atoms with E-state index in [2.05, 4.69) is 10.3 Å². The van der Waals surface area contributed by atoms with Gasteiger partial charge in [0, 0.05) is 12.7 Å². The van der Waals surface area contributed by atoms with Gasteiger partial charge < -0.3 is 4.90 Å². The minimum Gasteiger partial charge on any atom is -0.337 e. The van der Waals surface area contributed by atoms with Gasteiger partial charge in [-0.1, -0.05) is 5.21 Å². The van der Waals surface area contributed by atoms with Crippen LogP contribution in [0.1, 0.15) is 19.3 Å². The SMILES string of the molecule is O=C(CCl)N1CCCCC1Cn1ccnn1. The Hall–Kier alpha value is -1.10. The largest absolute Gasteiger partial charge is 0.337 e. The van der Waals surface area contributed by atoms with Crippen LogP contribution in [0.2, 0.25) is 0 Å². The van der Waals surface area contributed by atoms with E-state index in [1.807, 2.05) is 11.1 Å². The van der Waals surface area contributed by atoms with Gasteiger partial charge in [0.25, 0.3) is 0 Å². The molecule has 1 fully saturated rings. The molecular formula is C10H15ClN4O. The van der Waals surface area contributed by atoms with Crippen LogP contribution in [-0.2, 0) is 11.3 Å². The first kappa shape index (κ1) is 11.4. The van der Waals surface area contributed by atoms with Crippen LogP contribution in [0.4, 0.5) is 0 Å². The predicted octanol–water partition coefficient (Wildman–Crippen LogP) is 0.898. The molecule has 1 aromatic rings. The summed E-state index contributed by atoms with van der Waals surface area (Å²) in [5.41, 5.74) is 0. The summed E-state index contributed by atoms with van der Waals surface area (Å²) < 4.78 is 1.77. The molecule has 0 bridgehead atoms. The van der Waals surface area contributed by atoms with E-state index in [1.165, 1.54) is 0 Å². The molecule has 1 aliphatic rings. The van der Waals surface area contributed by atoms with Crippen LogP contribution in [0.25, 0.3) is 0 Å². The van der Waals surface area contributed by atoms with Crippen LogP contribution in [0.15, 0.2) is 12.4 Å². The summed E-state index contributed by atoms with van der Waals surface area (Å²) in [7, 11) is 0. The van der Waals surface area contributed by atoms with Gasteiger partial charge in [-0.2, -0.15) is 0 Å². The molecule has 2 rings (SSSR count). The highest BCUT2D eigenvalue weighted by Gasteiger charge is 2.26. The highest BCUT2D eigenvalue weighted by molar-refractivity contribution is 6.27. The lowest BCUT2D eigenvalue weighted by Gasteiger charge is -2.35. The minimum atomic E-state index is 0.0199. The number of alkyl halides is 1. The van der Waals surface area contributed by atoms with E-state index in [0.29, 0.717) is 6.54 Å². The van der Waals surface area contributed by atoms with E-state index in [0.717, 1.165) is 25.8 Å². The number of halogens is 1. The number of likely N-dealkylation sites (tertiary alicyclic amines) is 1. The van der Waals surface area contributed by atoms with E-state index in [9.17, 15) is 4.79 Å². The van der Waals surface area contributed by atoms with Gasteiger partial charge in [0.1, 0.15) is 5.88 Å². The molecule has 2 heterocycles. The monoisotopic (exact) mass is 242 g/mol. The number of piperidine rings is 1. The summed E-state index contributed by atoms with van der Waals surface area (Å²) in [5.74, 6) is 0.0832. The molecule has 16 heavy (non-hydrogen) atoms.